The lowest BCUT2D eigenvalue weighted by Crippen LogP contribution is -2.14. The van der Waals surface area contributed by atoms with Crippen LogP contribution in [0.3, 0.4) is 0 Å². The summed E-state index contributed by atoms with van der Waals surface area (Å²) in [4.78, 5) is 34.5. The van der Waals surface area contributed by atoms with Gasteiger partial charge in [0.1, 0.15) is 23.1 Å². The summed E-state index contributed by atoms with van der Waals surface area (Å²) < 4.78 is 18.4. The molecule has 0 bridgehead atoms. The van der Waals surface area contributed by atoms with Gasteiger partial charge in [0.05, 0.1) is 6.42 Å². The number of Topliss-reactive ketones (excluding diaryl/α,β-unsaturated/α-hetero) is 3. The maximum Gasteiger partial charge on any atom is 0.205 e. The van der Waals surface area contributed by atoms with Crippen LogP contribution in [0.4, 0.5) is 4.39 Å². The van der Waals surface area contributed by atoms with E-state index in [2.05, 4.69) is 0 Å². The Morgan fingerprint density at radius 1 is 1.14 bits per heavy atom. The summed E-state index contributed by atoms with van der Waals surface area (Å²) >= 11 is 1.15. The molecule has 1 aromatic heterocycles. The van der Waals surface area contributed by atoms with Crippen LogP contribution < -0.4 is 4.74 Å². The number of halogens is 1. The Morgan fingerprint density at radius 2 is 1.82 bits per heavy atom. The summed E-state index contributed by atoms with van der Waals surface area (Å²) in [5, 5.41) is 1.67. The smallest absolute Gasteiger partial charge is 0.205 e. The molecule has 4 nitrogen and oxygen atoms in total. The van der Waals surface area contributed by atoms with Gasteiger partial charge in [-0.3, -0.25) is 14.4 Å². The van der Waals surface area contributed by atoms with Crippen molar-refractivity contribution in [3.63, 3.8) is 0 Å². The molecule has 1 aromatic carbocycles. The summed E-state index contributed by atoms with van der Waals surface area (Å²) in [6, 6.07) is 7.44. The van der Waals surface area contributed by atoms with Gasteiger partial charge in [-0.05, 0) is 29.1 Å². The van der Waals surface area contributed by atoms with E-state index in [4.69, 9.17) is 4.74 Å². The molecule has 0 N–H and O–H groups in total. The number of benzene rings is 1. The second-order valence-electron chi connectivity index (χ2n) is 4.61. The van der Waals surface area contributed by atoms with Crippen LogP contribution in [0.25, 0.3) is 0 Å². The maximum absolute atomic E-state index is 12.8. The lowest BCUT2D eigenvalue weighted by atomic mass is 10.1. The highest BCUT2D eigenvalue weighted by atomic mass is 32.1. The summed E-state index contributed by atoms with van der Waals surface area (Å²) in [5.41, 5.74) is 0.755. The third-order valence-corrected chi connectivity index (χ3v) is 3.84. The van der Waals surface area contributed by atoms with E-state index in [0.29, 0.717) is 10.6 Å². The van der Waals surface area contributed by atoms with Crippen LogP contribution in [0.5, 0.6) is 5.75 Å². The minimum atomic E-state index is -0.720. The molecule has 0 aliphatic rings. The first-order valence-electron chi connectivity index (χ1n) is 6.49. The number of hydrogen-bond donors (Lipinski definition) is 0. The number of thiophene rings is 1. The second-order valence-corrected chi connectivity index (χ2v) is 5.52. The number of carbonyl (C=O) groups excluding carboxylic acids is 3. The van der Waals surface area contributed by atoms with Crippen LogP contribution in [-0.4, -0.2) is 17.3 Å². The average molecular weight is 320 g/mol. The second kappa shape index (κ2) is 7.09. The Labute approximate surface area is 130 Å². The number of ketones is 3. The summed E-state index contributed by atoms with van der Waals surface area (Å²) in [5.74, 6) is -1.78. The fourth-order valence-corrected chi connectivity index (χ4v) is 2.48. The van der Waals surface area contributed by atoms with E-state index in [-0.39, 0.29) is 12.4 Å². The Bertz CT molecular complexity index is 703. The summed E-state index contributed by atoms with van der Waals surface area (Å²) in [6.45, 7) is 1.31. The van der Waals surface area contributed by atoms with E-state index in [0.717, 1.165) is 23.8 Å². The zero-order chi connectivity index (χ0) is 16.1. The zero-order valence-corrected chi connectivity index (χ0v) is 12.6. The first kappa shape index (κ1) is 16.0. The predicted octanol–water partition coefficient (Wildman–Crippen LogP) is 3.20. The molecule has 0 fully saturated rings. The van der Waals surface area contributed by atoms with Crippen molar-refractivity contribution in [3.8, 4) is 5.75 Å². The minimum absolute atomic E-state index is 0.179. The van der Waals surface area contributed by atoms with Gasteiger partial charge in [-0.1, -0.05) is 12.1 Å². The van der Waals surface area contributed by atoms with E-state index >= 15 is 0 Å². The average Bonchev–Trinajstić information content (AvgIpc) is 2.95. The molecule has 0 aliphatic heterocycles. The van der Waals surface area contributed by atoms with Crippen molar-refractivity contribution in [1.29, 1.82) is 0 Å². The van der Waals surface area contributed by atoms with Crippen molar-refractivity contribution in [2.75, 3.05) is 0 Å². The maximum atomic E-state index is 12.8. The standard InChI is InChI=1S/C16H13FO4S/c1-10(18)13(19)8-14(20)16-15(6-7-22-16)21-9-11-2-4-12(17)5-3-11/h2-7H,8-9H2,1H3. The van der Waals surface area contributed by atoms with Crippen molar-refractivity contribution in [1.82, 2.24) is 0 Å². The van der Waals surface area contributed by atoms with Gasteiger partial charge in [-0.25, -0.2) is 4.39 Å². The van der Waals surface area contributed by atoms with Gasteiger partial charge in [-0.2, -0.15) is 0 Å². The van der Waals surface area contributed by atoms with Gasteiger partial charge in [0.15, 0.2) is 11.6 Å². The molecular weight excluding hydrogens is 307 g/mol. The van der Waals surface area contributed by atoms with E-state index in [1.165, 1.54) is 12.1 Å². The zero-order valence-electron chi connectivity index (χ0n) is 11.8. The molecule has 6 heteroatoms. The molecule has 22 heavy (non-hydrogen) atoms. The van der Waals surface area contributed by atoms with Gasteiger partial charge >= 0.3 is 0 Å². The first-order valence-corrected chi connectivity index (χ1v) is 7.37. The molecule has 114 valence electrons. The summed E-state index contributed by atoms with van der Waals surface area (Å²) in [7, 11) is 0. The van der Waals surface area contributed by atoms with Crippen LogP contribution in [0.1, 0.15) is 28.6 Å². The van der Waals surface area contributed by atoms with Crippen molar-refractivity contribution in [2.45, 2.75) is 20.0 Å². The van der Waals surface area contributed by atoms with Crippen LogP contribution in [-0.2, 0) is 16.2 Å². The van der Waals surface area contributed by atoms with Gasteiger partial charge in [0.2, 0.25) is 5.78 Å². The molecular formula is C16H13FO4S. The molecule has 2 aromatic rings. The van der Waals surface area contributed by atoms with Crippen LogP contribution in [0.2, 0.25) is 0 Å². The topological polar surface area (TPSA) is 60.4 Å². The fourth-order valence-electron chi connectivity index (χ4n) is 1.71. The highest BCUT2D eigenvalue weighted by molar-refractivity contribution is 7.12. The molecule has 0 spiro atoms. The van der Waals surface area contributed by atoms with Gasteiger partial charge in [0, 0.05) is 6.92 Å². The SMILES string of the molecule is CC(=O)C(=O)CC(=O)c1sccc1OCc1ccc(F)cc1. The van der Waals surface area contributed by atoms with Crippen LogP contribution in [0, 0.1) is 5.82 Å². The first-order chi connectivity index (χ1) is 10.5. The third kappa shape index (κ3) is 4.08. The third-order valence-electron chi connectivity index (χ3n) is 2.90. The molecule has 0 saturated carbocycles. The lowest BCUT2D eigenvalue weighted by molar-refractivity contribution is -0.134. The van der Waals surface area contributed by atoms with E-state index in [1.807, 2.05) is 0 Å². The van der Waals surface area contributed by atoms with Crippen LogP contribution in [0.15, 0.2) is 35.7 Å². The quantitative estimate of drug-likeness (QED) is 0.446. The van der Waals surface area contributed by atoms with Crippen molar-refractivity contribution in [3.05, 3.63) is 52.0 Å². The molecule has 2 rings (SSSR count). The molecule has 0 radical (unpaired) electrons. The van der Waals surface area contributed by atoms with Crippen molar-refractivity contribution in [2.24, 2.45) is 0 Å². The Morgan fingerprint density at radius 3 is 2.45 bits per heavy atom. The monoisotopic (exact) mass is 320 g/mol. The molecule has 0 unspecified atom stereocenters. The number of ether oxygens (including phenoxy) is 1. The van der Waals surface area contributed by atoms with E-state index < -0.39 is 23.8 Å². The largest absolute Gasteiger partial charge is 0.487 e. The normalized spacial score (nSPS) is 10.3. The number of carbonyl (C=O) groups is 3. The van der Waals surface area contributed by atoms with Crippen LogP contribution >= 0.6 is 11.3 Å². The number of rotatable bonds is 7. The molecule has 0 atom stereocenters. The van der Waals surface area contributed by atoms with Gasteiger partial charge < -0.3 is 4.74 Å². The number of hydrogen-bond acceptors (Lipinski definition) is 5. The summed E-state index contributed by atoms with van der Waals surface area (Å²) in [6.07, 6.45) is -0.456. The Kier molecular flexibility index (Phi) is 5.16. The highest BCUT2D eigenvalue weighted by Crippen LogP contribution is 2.27. The molecule has 0 saturated heterocycles. The van der Waals surface area contributed by atoms with E-state index in [9.17, 15) is 18.8 Å². The highest BCUT2D eigenvalue weighted by Gasteiger charge is 2.20. The predicted molar refractivity (Wildman–Crippen MR) is 79.7 cm³/mol. The van der Waals surface area contributed by atoms with E-state index in [1.54, 1.807) is 23.6 Å². The minimum Gasteiger partial charge on any atom is -0.487 e. The Hall–Kier alpha value is -2.34. The lowest BCUT2D eigenvalue weighted by Gasteiger charge is -2.06. The Balaban J connectivity index is 2.03. The van der Waals surface area contributed by atoms with Gasteiger partial charge in [0.25, 0.3) is 0 Å². The molecule has 0 amide bonds. The molecule has 0 aliphatic carbocycles. The van der Waals surface area contributed by atoms with Gasteiger partial charge in [-0.15, -0.1) is 11.3 Å². The van der Waals surface area contributed by atoms with Crippen molar-refractivity contribution >= 4 is 28.7 Å². The fraction of sp³-hybridized carbons (Fsp3) is 0.188. The molecule has 1 heterocycles. The van der Waals surface area contributed by atoms with Crippen molar-refractivity contribution < 1.29 is 23.5 Å².